The maximum Gasteiger partial charge on any atom is 0.490 e. The average Bonchev–Trinajstić information content (AvgIpc) is 3.33. The van der Waals surface area contributed by atoms with E-state index in [2.05, 4.69) is 41.2 Å². The minimum atomic E-state index is -5.08. The molecule has 0 saturated carbocycles. The number of hydrogen-bond acceptors (Lipinski definition) is 8. The number of nitrogens with one attached hydrogen (secondary N) is 2. The van der Waals surface area contributed by atoms with Crippen molar-refractivity contribution < 1.29 is 37.7 Å². The summed E-state index contributed by atoms with van der Waals surface area (Å²) >= 11 is 0. The summed E-state index contributed by atoms with van der Waals surface area (Å²) in [6, 6.07) is 7.71. The first-order chi connectivity index (χ1) is 18.8. The van der Waals surface area contributed by atoms with Crippen molar-refractivity contribution in [3.63, 3.8) is 0 Å². The molecule has 0 spiro atoms. The Morgan fingerprint density at radius 1 is 1.15 bits per heavy atom. The summed E-state index contributed by atoms with van der Waals surface area (Å²) in [5.74, 6) is -2.00. The molecule has 3 heterocycles. The molecule has 14 heteroatoms. The minimum absolute atomic E-state index is 0.108. The van der Waals surface area contributed by atoms with E-state index in [-0.39, 0.29) is 24.7 Å². The molecule has 4 rings (SSSR count). The highest BCUT2D eigenvalue weighted by molar-refractivity contribution is 5.89. The molecule has 1 unspecified atom stereocenters. The van der Waals surface area contributed by atoms with E-state index in [1.807, 2.05) is 24.3 Å². The largest absolute Gasteiger partial charge is 0.490 e. The zero-order chi connectivity index (χ0) is 29.6. The lowest BCUT2D eigenvalue weighted by Crippen LogP contribution is -2.44. The first-order valence-corrected chi connectivity index (χ1v) is 12.9. The van der Waals surface area contributed by atoms with Crippen LogP contribution in [0.2, 0.25) is 0 Å². The number of aliphatic hydroxyl groups excluding tert-OH is 1. The van der Waals surface area contributed by atoms with E-state index in [9.17, 15) is 18.0 Å². The van der Waals surface area contributed by atoms with E-state index >= 15 is 0 Å². The quantitative estimate of drug-likeness (QED) is 0.414. The molecule has 2 aromatic rings. The molecule has 11 nitrogen and oxygen atoms in total. The third kappa shape index (κ3) is 8.02. The van der Waals surface area contributed by atoms with Crippen LogP contribution < -0.4 is 15.5 Å². The molecular formula is C26H35F3N6O5. The second-order valence-electron chi connectivity index (χ2n) is 9.98. The molecule has 2 aliphatic rings. The van der Waals surface area contributed by atoms with Crippen molar-refractivity contribution >= 4 is 23.6 Å². The van der Waals surface area contributed by atoms with Crippen LogP contribution in [0.15, 0.2) is 24.3 Å². The number of nitrogens with zero attached hydrogens (tertiary/aromatic N) is 4. The number of carbonyl (C=O) groups excluding carboxylic acids is 1. The number of fused-ring (bicyclic) bond motifs is 1. The van der Waals surface area contributed by atoms with Crippen LogP contribution in [0.25, 0.3) is 11.3 Å². The summed E-state index contributed by atoms with van der Waals surface area (Å²) in [6.45, 7) is 11.9. The molecule has 1 fully saturated rings. The Balaban J connectivity index is 0.000000559. The topological polar surface area (TPSA) is 140 Å². The number of ether oxygens (including phenoxy) is 1. The van der Waals surface area contributed by atoms with Gasteiger partial charge in [-0.2, -0.15) is 13.2 Å². The number of carboxylic acid groups (broad SMARTS) is 1. The van der Waals surface area contributed by atoms with Crippen LogP contribution in [0.4, 0.5) is 29.6 Å². The lowest BCUT2D eigenvalue weighted by Gasteiger charge is -2.33. The average molecular weight is 569 g/mol. The minimum Gasteiger partial charge on any atom is -0.475 e. The Kier molecular flexibility index (Phi) is 10.3. The zero-order valence-electron chi connectivity index (χ0n) is 22.8. The second kappa shape index (κ2) is 13.2. The number of aromatic nitrogens is 2. The Morgan fingerprint density at radius 3 is 2.35 bits per heavy atom. The Hall–Kier alpha value is -3.49. The number of aliphatic hydroxyl groups is 1. The van der Waals surface area contributed by atoms with Gasteiger partial charge in [0.05, 0.1) is 43.3 Å². The van der Waals surface area contributed by atoms with Gasteiger partial charge in [-0.3, -0.25) is 4.90 Å². The van der Waals surface area contributed by atoms with Crippen molar-refractivity contribution in [3.05, 3.63) is 35.5 Å². The summed E-state index contributed by atoms with van der Waals surface area (Å²) in [5, 5.41) is 21.7. The number of rotatable bonds is 6. The summed E-state index contributed by atoms with van der Waals surface area (Å²) < 4.78 is 37.3. The van der Waals surface area contributed by atoms with Gasteiger partial charge in [0, 0.05) is 42.5 Å². The monoisotopic (exact) mass is 568 g/mol. The van der Waals surface area contributed by atoms with Crippen molar-refractivity contribution in [2.45, 2.75) is 65.1 Å². The maximum atomic E-state index is 12.1. The van der Waals surface area contributed by atoms with Gasteiger partial charge in [0.2, 0.25) is 5.95 Å². The number of carbonyl (C=O) groups is 2. The van der Waals surface area contributed by atoms with Gasteiger partial charge in [0.25, 0.3) is 0 Å². The highest BCUT2D eigenvalue weighted by Gasteiger charge is 2.38. The molecule has 4 N–H and O–H groups in total. The van der Waals surface area contributed by atoms with Gasteiger partial charge in [-0.05, 0) is 39.8 Å². The molecule has 0 radical (unpaired) electrons. The number of benzene rings is 1. The molecule has 1 saturated heterocycles. The van der Waals surface area contributed by atoms with E-state index < -0.39 is 12.1 Å². The van der Waals surface area contributed by atoms with E-state index in [4.69, 9.17) is 29.7 Å². The van der Waals surface area contributed by atoms with Crippen LogP contribution in [0.5, 0.6) is 0 Å². The van der Waals surface area contributed by atoms with Crippen LogP contribution in [0.3, 0.4) is 0 Å². The molecule has 2 aliphatic heterocycles. The van der Waals surface area contributed by atoms with Gasteiger partial charge in [0.1, 0.15) is 0 Å². The number of anilines is 2. The van der Waals surface area contributed by atoms with E-state index in [0.717, 1.165) is 42.5 Å². The van der Waals surface area contributed by atoms with E-state index in [1.54, 1.807) is 6.92 Å². The highest BCUT2D eigenvalue weighted by atomic mass is 19.4. The van der Waals surface area contributed by atoms with Gasteiger partial charge < -0.3 is 30.5 Å². The lowest BCUT2D eigenvalue weighted by atomic mass is 10.1. The highest BCUT2D eigenvalue weighted by Crippen LogP contribution is 2.34. The smallest absolute Gasteiger partial charge is 0.475 e. The van der Waals surface area contributed by atoms with Gasteiger partial charge in [-0.1, -0.05) is 12.1 Å². The van der Waals surface area contributed by atoms with Crippen molar-refractivity contribution in [1.82, 2.24) is 20.2 Å². The molecule has 1 aromatic carbocycles. The number of amides is 2. The SMILES string of the molecule is CC(CO)NC(=O)Nc1ccc(-c2nc(N3CCOC[C@@H]3C)nc3c2CN(C(C)C)C3)cc1.O=C(O)C(F)(F)F. The number of alkyl halides is 3. The first-order valence-electron chi connectivity index (χ1n) is 12.9. The number of hydrogen-bond donors (Lipinski definition) is 4. The van der Waals surface area contributed by atoms with E-state index in [1.165, 1.54) is 5.56 Å². The first kappa shape index (κ1) is 31.0. The molecule has 1 aromatic heterocycles. The molecule has 2 amide bonds. The predicted octanol–water partition coefficient (Wildman–Crippen LogP) is 3.23. The van der Waals surface area contributed by atoms with Crippen LogP contribution in [0.1, 0.15) is 39.0 Å². The Labute approximate surface area is 230 Å². The van der Waals surface area contributed by atoms with Crippen LogP contribution >= 0.6 is 0 Å². The van der Waals surface area contributed by atoms with Crippen molar-refractivity contribution in [1.29, 1.82) is 0 Å². The van der Waals surface area contributed by atoms with E-state index in [0.29, 0.717) is 24.9 Å². The molecule has 40 heavy (non-hydrogen) atoms. The fraction of sp³-hybridized carbons (Fsp3) is 0.538. The van der Waals surface area contributed by atoms with Crippen LogP contribution in [-0.2, 0) is 22.6 Å². The number of halogens is 3. The Bertz CT molecular complexity index is 1180. The van der Waals surface area contributed by atoms with Crippen molar-refractivity contribution in [3.8, 4) is 11.3 Å². The third-order valence-electron chi connectivity index (χ3n) is 6.46. The molecule has 220 valence electrons. The standard InChI is InChI=1S/C24H34N6O3.C2HF3O2/c1-15(2)29-11-20-21(12-29)27-23(30-9-10-33-14-17(30)4)28-22(20)18-5-7-19(8-6-18)26-24(32)25-16(3)13-31;3-2(4,5)1(6)7/h5-8,15-17,31H,9-14H2,1-4H3,(H2,25,26,32);(H,6,7)/t16?,17-;/m0./s1. The number of carboxylic acids is 1. The molecule has 2 atom stereocenters. The normalized spacial score (nSPS) is 18.0. The predicted molar refractivity (Wildman–Crippen MR) is 142 cm³/mol. The lowest BCUT2D eigenvalue weighted by molar-refractivity contribution is -0.192. The molecule has 0 bridgehead atoms. The number of morpholine rings is 1. The number of urea groups is 1. The fourth-order valence-corrected chi connectivity index (χ4v) is 4.17. The third-order valence-corrected chi connectivity index (χ3v) is 6.46. The zero-order valence-corrected chi connectivity index (χ0v) is 22.8. The van der Waals surface area contributed by atoms with Gasteiger partial charge in [-0.15, -0.1) is 0 Å². The molecule has 0 aliphatic carbocycles. The number of aliphatic carboxylic acids is 1. The summed E-state index contributed by atoms with van der Waals surface area (Å²) in [5.41, 5.74) is 4.88. The maximum absolute atomic E-state index is 12.1. The Morgan fingerprint density at radius 2 is 1.80 bits per heavy atom. The van der Waals surface area contributed by atoms with Gasteiger partial charge in [0.15, 0.2) is 0 Å². The second-order valence-corrected chi connectivity index (χ2v) is 9.98. The summed E-state index contributed by atoms with van der Waals surface area (Å²) in [6.07, 6.45) is -5.08. The van der Waals surface area contributed by atoms with Gasteiger partial charge in [-0.25, -0.2) is 19.6 Å². The van der Waals surface area contributed by atoms with Crippen LogP contribution in [-0.4, -0.2) is 87.7 Å². The van der Waals surface area contributed by atoms with Crippen molar-refractivity contribution in [2.24, 2.45) is 0 Å². The van der Waals surface area contributed by atoms with Crippen LogP contribution in [0, 0.1) is 0 Å². The van der Waals surface area contributed by atoms with Gasteiger partial charge >= 0.3 is 18.2 Å². The summed E-state index contributed by atoms with van der Waals surface area (Å²) in [7, 11) is 0. The molecular weight excluding hydrogens is 533 g/mol. The summed E-state index contributed by atoms with van der Waals surface area (Å²) in [4.78, 5) is 35.6. The van der Waals surface area contributed by atoms with Crippen molar-refractivity contribution in [2.75, 3.05) is 36.6 Å². The fourth-order valence-electron chi connectivity index (χ4n) is 4.17.